The van der Waals surface area contributed by atoms with Gasteiger partial charge in [-0.3, -0.25) is 19.2 Å². The standard InChI is InChI=1S/C38H46IN3O9/c1-8-16-41-32-27-17-21(2)18-31(50-7)33(44)23(4)19-24(5)35(51-38(40)48)30(49-6)11-9-10-22(3)36(46)42(28(34(27)45)20-29(32)43)37(47)25-12-14-26(39)15-13-25/h8-15,19-21,23,30-31,33,35,41,44H,1,16-18H2,2-7H3,(H2,40,48)/b11-9-,22-10+,24-19+/t21-,23+,30+,31+,33-,35+/m1/s1/i39-2. The molecule has 0 saturated heterocycles. The number of aliphatic hydroxyl groups excluding tert-OH is 1. The molecule has 2 aliphatic rings. The smallest absolute Gasteiger partial charge is 0.405 e. The van der Waals surface area contributed by atoms with E-state index in [1.165, 1.54) is 57.6 Å². The van der Waals surface area contributed by atoms with E-state index in [9.17, 15) is 29.1 Å². The summed E-state index contributed by atoms with van der Waals surface area (Å²) in [6.45, 7) is 10.7. The molecule has 0 unspecified atom stereocenters. The van der Waals surface area contributed by atoms with Gasteiger partial charge in [-0.15, -0.1) is 6.58 Å². The van der Waals surface area contributed by atoms with E-state index in [2.05, 4.69) is 34.5 Å². The number of primary amides is 1. The van der Waals surface area contributed by atoms with Gasteiger partial charge in [0.15, 0.2) is 6.10 Å². The number of carbonyl (C=O) groups excluding carboxylic acids is 5. The second kappa shape index (κ2) is 18.9. The van der Waals surface area contributed by atoms with Gasteiger partial charge in [-0.1, -0.05) is 44.2 Å². The zero-order valence-corrected chi connectivity index (χ0v) is 31.8. The molecule has 3 amide bonds. The molecule has 1 aliphatic heterocycles. The number of carbonyl (C=O) groups is 5. The van der Waals surface area contributed by atoms with Crippen molar-refractivity contribution in [2.45, 2.75) is 65.0 Å². The SMILES string of the molecule is C=CCNC1=C2C[C@@H](C)C[C@H](OC)[C@H](O)[C@@H](C)/C=C(\C)[C@H](OC(N)=O)[C@@H](OC)/C=C\C=C(/C)C(=O)N(C(=O)c3ccc([125I])cc3)C(=CC1=O)C2=O. The second-order valence-corrected chi connectivity index (χ2v) is 13.8. The van der Waals surface area contributed by atoms with Crippen LogP contribution in [0.5, 0.6) is 0 Å². The molecule has 1 aromatic rings. The molecule has 0 spiro atoms. The van der Waals surface area contributed by atoms with E-state index in [0.29, 0.717) is 5.57 Å². The molecule has 51 heavy (non-hydrogen) atoms. The summed E-state index contributed by atoms with van der Waals surface area (Å²) in [5.74, 6) is -3.73. The Hall–Kier alpha value is -4.18. The number of methoxy groups -OCH3 is 2. The topological polar surface area (TPSA) is 175 Å². The lowest BCUT2D eigenvalue weighted by molar-refractivity contribution is -0.126. The van der Waals surface area contributed by atoms with Crippen LogP contribution in [0.15, 0.2) is 95.4 Å². The summed E-state index contributed by atoms with van der Waals surface area (Å²) < 4.78 is 17.6. The molecule has 3 rings (SSSR count). The van der Waals surface area contributed by atoms with Gasteiger partial charge >= 0.3 is 6.09 Å². The fraction of sp³-hybridized carbons (Fsp3) is 0.395. The van der Waals surface area contributed by atoms with E-state index < -0.39 is 65.5 Å². The lowest BCUT2D eigenvalue weighted by Crippen LogP contribution is -2.43. The molecule has 0 aromatic heterocycles. The summed E-state index contributed by atoms with van der Waals surface area (Å²) in [5, 5.41) is 14.4. The minimum atomic E-state index is -1.04. The van der Waals surface area contributed by atoms with E-state index >= 15 is 0 Å². The maximum absolute atomic E-state index is 14.4. The molecule has 2 bridgehead atoms. The Kier molecular flexibility index (Phi) is 15.3. The van der Waals surface area contributed by atoms with Crippen molar-refractivity contribution in [1.82, 2.24) is 10.2 Å². The molecule has 0 radical (unpaired) electrons. The number of amides is 3. The number of fused-ring (bicyclic) bond motifs is 2. The largest absolute Gasteiger partial charge is 0.439 e. The minimum absolute atomic E-state index is 0.0400. The van der Waals surface area contributed by atoms with Crippen molar-refractivity contribution in [2.24, 2.45) is 17.6 Å². The minimum Gasteiger partial charge on any atom is -0.439 e. The van der Waals surface area contributed by atoms with Crippen molar-refractivity contribution in [1.29, 1.82) is 0 Å². The highest BCUT2D eigenvalue weighted by Gasteiger charge is 2.39. The van der Waals surface area contributed by atoms with Crippen molar-refractivity contribution in [3.8, 4) is 0 Å². The number of benzene rings is 1. The van der Waals surface area contributed by atoms with Crippen LogP contribution < -0.4 is 11.1 Å². The Morgan fingerprint density at radius 1 is 1.12 bits per heavy atom. The molecule has 12 nitrogen and oxygen atoms in total. The first-order valence-corrected chi connectivity index (χ1v) is 17.5. The van der Waals surface area contributed by atoms with Gasteiger partial charge in [0.1, 0.15) is 11.8 Å². The number of ether oxygens (including phenoxy) is 3. The predicted molar refractivity (Wildman–Crippen MR) is 200 cm³/mol. The number of nitrogens with one attached hydrogen (secondary N) is 1. The Balaban J connectivity index is 2.28. The van der Waals surface area contributed by atoms with E-state index in [1.54, 1.807) is 32.1 Å². The van der Waals surface area contributed by atoms with Crippen molar-refractivity contribution in [3.05, 3.63) is 105 Å². The summed E-state index contributed by atoms with van der Waals surface area (Å²) in [6.07, 6.45) is 4.38. The number of allylic oxidation sites excluding steroid dienone is 4. The number of hydrogen-bond donors (Lipinski definition) is 3. The van der Waals surface area contributed by atoms with Gasteiger partial charge in [-0.05, 0) is 85.0 Å². The van der Waals surface area contributed by atoms with Crippen LogP contribution in [0.1, 0.15) is 50.9 Å². The third-order valence-corrected chi connectivity index (χ3v) is 9.39. The van der Waals surface area contributed by atoms with Crippen LogP contribution in [0.25, 0.3) is 0 Å². The molecule has 1 heterocycles. The number of nitrogens with zero attached hydrogens (tertiary/aromatic N) is 1. The van der Waals surface area contributed by atoms with Crippen LogP contribution in [0, 0.1) is 15.4 Å². The number of imide groups is 1. The molecular weight excluding hydrogens is 767 g/mol. The summed E-state index contributed by atoms with van der Waals surface area (Å²) in [7, 11) is 2.87. The molecule has 274 valence electrons. The van der Waals surface area contributed by atoms with Gasteiger partial charge < -0.3 is 30.4 Å². The first-order valence-electron chi connectivity index (χ1n) is 16.4. The van der Waals surface area contributed by atoms with Crippen LogP contribution in [-0.2, 0) is 28.6 Å². The van der Waals surface area contributed by atoms with Gasteiger partial charge in [-0.2, -0.15) is 0 Å². The van der Waals surface area contributed by atoms with E-state index in [0.717, 1.165) is 14.5 Å². The summed E-state index contributed by atoms with van der Waals surface area (Å²) in [4.78, 5) is 69.1. The predicted octanol–water partition coefficient (Wildman–Crippen LogP) is 4.70. The van der Waals surface area contributed by atoms with Gasteiger partial charge in [0.05, 0.1) is 17.9 Å². The number of halogens is 1. The molecule has 6 atom stereocenters. The van der Waals surface area contributed by atoms with Gasteiger partial charge in [0.25, 0.3) is 11.8 Å². The fourth-order valence-electron chi connectivity index (χ4n) is 5.99. The zero-order valence-electron chi connectivity index (χ0n) is 29.7. The summed E-state index contributed by atoms with van der Waals surface area (Å²) in [6, 6.07) is 6.44. The highest BCUT2D eigenvalue weighted by Crippen LogP contribution is 2.31. The maximum atomic E-state index is 14.4. The van der Waals surface area contributed by atoms with Gasteiger partial charge in [0, 0.05) is 53.0 Å². The molecule has 1 aromatic carbocycles. The summed E-state index contributed by atoms with van der Waals surface area (Å²) in [5.41, 5.74) is 5.85. The van der Waals surface area contributed by atoms with Gasteiger partial charge in [0.2, 0.25) is 11.6 Å². The fourth-order valence-corrected chi connectivity index (χ4v) is 6.35. The van der Waals surface area contributed by atoms with Crippen LogP contribution in [-0.4, -0.2) is 84.7 Å². The summed E-state index contributed by atoms with van der Waals surface area (Å²) >= 11 is 2.08. The second-order valence-electron chi connectivity index (χ2n) is 12.6. The molecular formula is C38H46IN3O9. The molecule has 0 saturated carbocycles. The van der Waals surface area contributed by atoms with Crippen molar-refractivity contribution >= 4 is 52.1 Å². The first-order chi connectivity index (χ1) is 24.1. The van der Waals surface area contributed by atoms with Crippen molar-refractivity contribution in [2.75, 3.05) is 20.8 Å². The highest BCUT2D eigenvalue weighted by molar-refractivity contribution is 14.1. The number of ketones is 2. The average molecular weight is 814 g/mol. The van der Waals surface area contributed by atoms with E-state index in [4.69, 9.17) is 19.9 Å². The van der Waals surface area contributed by atoms with E-state index in [-0.39, 0.29) is 47.7 Å². The highest BCUT2D eigenvalue weighted by atomic mass is 125. The van der Waals surface area contributed by atoms with Crippen LogP contribution in [0.2, 0.25) is 0 Å². The van der Waals surface area contributed by atoms with Crippen molar-refractivity contribution < 1.29 is 43.3 Å². The van der Waals surface area contributed by atoms with Crippen LogP contribution >= 0.6 is 22.6 Å². The Bertz CT molecular complexity index is 1670. The Morgan fingerprint density at radius 2 is 1.78 bits per heavy atom. The molecule has 0 fully saturated rings. The first kappa shape index (κ1) is 41.2. The number of Topliss-reactive ketones (excluding diaryl/α,β-unsaturated/α-hetero) is 1. The average Bonchev–Trinajstić information content (AvgIpc) is 3.09. The van der Waals surface area contributed by atoms with Crippen LogP contribution in [0.3, 0.4) is 0 Å². The van der Waals surface area contributed by atoms with E-state index in [1.807, 2.05) is 6.92 Å². The number of aliphatic hydroxyl groups is 1. The quantitative estimate of drug-likeness (QED) is 0.152. The Morgan fingerprint density at radius 3 is 2.37 bits per heavy atom. The maximum Gasteiger partial charge on any atom is 0.405 e. The monoisotopic (exact) mass is 813 g/mol. The lowest BCUT2D eigenvalue weighted by atomic mass is 9.84. The van der Waals surface area contributed by atoms with Gasteiger partial charge in [-0.25, -0.2) is 9.69 Å². The Labute approximate surface area is 312 Å². The van der Waals surface area contributed by atoms with Crippen molar-refractivity contribution in [3.63, 3.8) is 0 Å². The zero-order chi connectivity index (χ0) is 38.0. The molecule has 1 aliphatic carbocycles. The number of nitrogens with two attached hydrogens (primary N) is 1. The molecule has 4 N–H and O–H groups in total. The number of rotatable bonds is 7. The third kappa shape index (κ3) is 10.4. The lowest BCUT2D eigenvalue weighted by Gasteiger charge is -2.30. The molecule has 13 heteroatoms. The number of hydrogen-bond acceptors (Lipinski definition) is 10. The third-order valence-electron chi connectivity index (χ3n) is 8.67. The normalized spacial score (nSPS) is 28.2. The van der Waals surface area contributed by atoms with Crippen LogP contribution in [0.4, 0.5) is 4.79 Å².